The first kappa shape index (κ1) is 18.5. The van der Waals surface area contributed by atoms with Gasteiger partial charge in [0.1, 0.15) is 12.4 Å². The van der Waals surface area contributed by atoms with E-state index in [2.05, 4.69) is 15.6 Å². The van der Waals surface area contributed by atoms with Crippen LogP contribution in [-0.2, 0) is 15.1 Å². The van der Waals surface area contributed by atoms with E-state index < -0.39 is 36.0 Å². The number of hydrogen-bond acceptors (Lipinski definition) is 4. The molecule has 0 saturated carbocycles. The number of aromatic nitrogens is 1. The van der Waals surface area contributed by atoms with E-state index in [1.54, 1.807) is 44.2 Å². The quantitative estimate of drug-likeness (QED) is 0.786. The first-order valence-electron chi connectivity index (χ1n) is 8.41. The lowest BCUT2D eigenvalue weighted by atomic mass is 9.97. The van der Waals surface area contributed by atoms with Gasteiger partial charge in [0.25, 0.3) is 5.91 Å². The van der Waals surface area contributed by atoms with E-state index in [4.69, 9.17) is 0 Å². The second-order valence-electron chi connectivity index (χ2n) is 6.50. The molecule has 1 aliphatic rings. The van der Waals surface area contributed by atoms with Crippen LogP contribution in [0, 0.1) is 5.82 Å². The molecule has 140 valence electrons. The molecule has 1 fully saturated rings. The van der Waals surface area contributed by atoms with Gasteiger partial charge in [0.05, 0.1) is 11.7 Å². The molecule has 2 unspecified atom stereocenters. The largest absolute Gasteiger partial charge is 0.348 e. The summed E-state index contributed by atoms with van der Waals surface area (Å²) < 4.78 is 13.0. The summed E-state index contributed by atoms with van der Waals surface area (Å²) in [6, 6.07) is 9.72. The van der Waals surface area contributed by atoms with Gasteiger partial charge in [-0.05, 0) is 43.7 Å². The monoisotopic (exact) mass is 370 g/mol. The number of halogens is 1. The normalized spacial score (nSPS) is 20.3. The molecule has 7 nitrogen and oxygen atoms in total. The highest BCUT2D eigenvalue weighted by atomic mass is 19.1. The van der Waals surface area contributed by atoms with Crippen LogP contribution >= 0.6 is 0 Å². The van der Waals surface area contributed by atoms with Crippen molar-refractivity contribution in [1.29, 1.82) is 0 Å². The number of nitrogens with zero attached hydrogens (tertiary/aromatic N) is 2. The standard InChI is InChI=1S/C19H19FN4O3/c1-12(13-6-8-14(20)9-7-13)22-16(25)11-24-17(26)19(2,23-18(24)27)15-5-3-4-10-21-15/h3-10,12H,11H2,1-2H3,(H,22,25)(H,23,27). The maximum atomic E-state index is 13.0. The number of nitrogens with one attached hydrogen (secondary N) is 2. The molecule has 2 heterocycles. The van der Waals surface area contributed by atoms with E-state index in [1.807, 2.05) is 0 Å². The van der Waals surface area contributed by atoms with Gasteiger partial charge in [0, 0.05) is 6.20 Å². The zero-order valence-corrected chi connectivity index (χ0v) is 14.9. The molecule has 0 aliphatic carbocycles. The van der Waals surface area contributed by atoms with Gasteiger partial charge < -0.3 is 10.6 Å². The first-order chi connectivity index (χ1) is 12.8. The Bertz CT molecular complexity index is 872. The van der Waals surface area contributed by atoms with E-state index in [9.17, 15) is 18.8 Å². The third-order valence-corrected chi connectivity index (χ3v) is 4.50. The van der Waals surface area contributed by atoms with Gasteiger partial charge in [0.15, 0.2) is 5.54 Å². The van der Waals surface area contributed by atoms with Gasteiger partial charge in [-0.3, -0.25) is 19.5 Å². The van der Waals surface area contributed by atoms with Crippen LogP contribution in [0.2, 0.25) is 0 Å². The summed E-state index contributed by atoms with van der Waals surface area (Å²) >= 11 is 0. The minimum Gasteiger partial charge on any atom is -0.348 e. The van der Waals surface area contributed by atoms with Crippen molar-refractivity contribution in [3.05, 3.63) is 65.7 Å². The van der Waals surface area contributed by atoms with E-state index in [1.165, 1.54) is 18.3 Å². The molecule has 4 amide bonds. The average Bonchev–Trinajstić information content (AvgIpc) is 2.87. The van der Waals surface area contributed by atoms with Crippen LogP contribution in [0.3, 0.4) is 0 Å². The number of carbonyl (C=O) groups is 3. The zero-order valence-electron chi connectivity index (χ0n) is 14.9. The molecule has 2 aromatic rings. The van der Waals surface area contributed by atoms with Gasteiger partial charge >= 0.3 is 6.03 Å². The van der Waals surface area contributed by atoms with Gasteiger partial charge in [-0.25, -0.2) is 9.18 Å². The molecule has 1 aliphatic heterocycles. The van der Waals surface area contributed by atoms with Crippen LogP contribution in [0.5, 0.6) is 0 Å². The lowest BCUT2D eigenvalue weighted by molar-refractivity contribution is -0.135. The highest BCUT2D eigenvalue weighted by molar-refractivity contribution is 6.08. The van der Waals surface area contributed by atoms with Crippen LogP contribution < -0.4 is 10.6 Å². The molecule has 0 spiro atoms. The fraction of sp³-hybridized carbons (Fsp3) is 0.263. The van der Waals surface area contributed by atoms with Crippen molar-refractivity contribution in [2.45, 2.75) is 25.4 Å². The number of rotatable bonds is 5. The molecule has 2 atom stereocenters. The minimum absolute atomic E-state index is 0.370. The summed E-state index contributed by atoms with van der Waals surface area (Å²) in [5.41, 5.74) is -0.215. The summed E-state index contributed by atoms with van der Waals surface area (Å²) in [7, 11) is 0. The third kappa shape index (κ3) is 3.64. The number of amides is 4. The van der Waals surface area contributed by atoms with Crippen LogP contribution in [0.4, 0.5) is 9.18 Å². The van der Waals surface area contributed by atoms with Crippen molar-refractivity contribution in [2.75, 3.05) is 6.54 Å². The number of imide groups is 1. The Morgan fingerprint density at radius 3 is 2.59 bits per heavy atom. The Balaban J connectivity index is 1.68. The number of urea groups is 1. The Morgan fingerprint density at radius 2 is 1.96 bits per heavy atom. The van der Waals surface area contributed by atoms with Gasteiger partial charge in [-0.1, -0.05) is 18.2 Å². The molecule has 8 heteroatoms. The van der Waals surface area contributed by atoms with Crippen molar-refractivity contribution in [2.24, 2.45) is 0 Å². The van der Waals surface area contributed by atoms with E-state index >= 15 is 0 Å². The summed E-state index contributed by atoms with van der Waals surface area (Å²) in [4.78, 5) is 42.3. The van der Waals surface area contributed by atoms with E-state index in [-0.39, 0.29) is 5.82 Å². The Hall–Kier alpha value is -3.29. The molecule has 1 aromatic carbocycles. The summed E-state index contributed by atoms with van der Waals surface area (Å²) in [5, 5.41) is 5.30. The number of carbonyl (C=O) groups excluding carboxylic acids is 3. The summed E-state index contributed by atoms with van der Waals surface area (Å²) in [5.74, 6) is -1.42. The highest BCUT2D eigenvalue weighted by Gasteiger charge is 2.50. The summed E-state index contributed by atoms with van der Waals surface area (Å²) in [6.07, 6.45) is 1.53. The lowest BCUT2D eigenvalue weighted by Crippen LogP contribution is -2.44. The lowest BCUT2D eigenvalue weighted by Gasteiger charge is -2.21. The molecule has 1 saturated heterocycles. The van der Waals surface area contributed by atoms with Crippen molar-refractivity contribution in [1.82, 2.24) is 20.5 Å². The van der Waals surface area contributed by atoms with Gasteiger partial charge in [-0.15, -0.1) is 0 Å². The van der Waals surface area contributed by atoms with Crippen molar-refractivity contribution in [3.8, 4) is 0 Å². The number of hydrogen-bond donors (Lipinski definition) is 2. The van der Waals surface area contributed by atoms with Gasteiger partial charge in [-0.2, -0.15) is 0 Å². The van der Waals surface area contributed by atoms with Crippen LogP contribution in [0.1, 0.15) is 31.1 Å². The predicted octanol–water partition coefficient (Wildman–Crippen LogP) is 1.87. The highest BCUT2D eigenvalue weighted by Crippen LogP contribution is 2.27. The zero-order chi connectivity index (χ0) is 19.6. The van der Waals surface area contributed by atoms with E-state index in [0.29, 0.717) is 11.3 Å². The third-order valence-electron chi connectivity index (χ3n) is 4.50. The predicted molar refractivity (Wildman–Crippen MR) is 94.8 cm³/mol. The maximum absolute atomic E-state index is 13.0. The molecular formula is C19H19FN4O3. The van der Waals surface area contributed by atoms with Crippen LogP contribution in [0.25, 0.3) is 0 Å². The van der Waals surface area contributed by atoms with E-state index in [0.717, 1.165) is 4.90 Å². The molecule has 27 heavy (non-hydrogen) atoms. The Morgan fingerprint density at radius 1 is 1.26 bits per heavy atom. The Kier molecular flexibility index (Phi) is 4.89. The molecule has 3 rings (SSSR count). The fourth-order valence-electron chi connectivity index (χ4n) is 2.94. The summed E-state index contributed by atoms with van der Waals surface area (Å²) in [6.45, 7) is 2.86. The fourth-order valence-corrected chi connectivity index (χ4v) is 2.94. The molecular weight excluding hydrogens is 351 g/mol. The maximum Gasteiger partial charge on any atom is 0.325 e. The number of benzene rings is 1. The molecule has 1 aromatic heterocycles. The van der Waals surface area contributed by atoms with Crippen LogP contribution in [0.15, 0.2) is 48.7 Å². The molecule has 0 radical (unpaired) electrons. The average molecular weight is 370 g/mol. The van der Waals surface area contributed by atoms with Crippen LogP contribution in [-0.4, -0.2) is 34.3 Å². The van der Waals surface area contributed by atoms with Crippen molar-refractivity contribution >= 4 is 17.8 Å². The Labute approximate surface area is 155 Å². The number of pyridine rings is 1. The SMILES string of the molecule is CC(NC(=O)CN1C(=O)NC(C)(c2ccccn2)C1=O)c1ccc(F)cc1. The second-order valence-corrected chi connectivity index (χ2v) is 6.50. The van der Waals surface area contributed by atoms with Gasteiger partial charge in [0.2, 0.25) is 5.91 Å². The minimum atomic E-state index is -1.32. The topological polar surface area (TPSA) is 91.4 Å². The smallest absolute Gasteiger partial charge is 0.325 e. The molecule has 0 bridgehead atoms. The molecule has 2 N–H and O–H groups in total. The van der Waals surface area contributed by atoms with Crippen molar-refractivity contribution < 1.29 is 18.8 Å². The second kappa shape index (κ2) is 7.14. The first-order valence-corrected chi connectivity index (χ1v) is 8.41. The van der Waals surface area contributed by atoms with Crippen molar-refractivity contribution in [3.63, 3.8) is 0 Å².